The molecule has 1 amide bonds. The molecule has 0 aromatic rings. The minimum atomic E-state index is -1.98. The van der Waals surface area contributed by atoms with Crippen molar-refractivity contribution < 1.29 is 89.4 Å². The van der Waals surface area contributed by atoms with Gasteiger partial charge in [-0.25, -0.2) is 0 Å². The van der Waals surface area contributed by atoms with Crippen molar-refractivity contribution in [1.82, 2.24) is 5.32 Å². The molecule has 594 valence electrons. The summed E-state index contributed by atoms with van der Waals surface area (Å²) >= 11 is 0. The zero-order chi connectivity index (χ0) is 73.9. The van der Waals surface area contributed by atoms with Crippen molar-refractivity contribution in [2.24, 2.45) is 0 Å². The summed E-state index contributed by atoms with van der Waals surface area (Å²) in [6.45, 7) is 1.62. The molecule has 12 N–H and O–H groups in total. The third-order valence-corrected chi connectivity index (χ3v) is 20.2. The van der Waals surface area contributed by atoms with Crippen molar-refractivity contribution in [3.05, 3.63) is 72.9 Å². The Hall–Kier alpha value is -2.77. The molecule has 0 spiro atoms. The fourth-order valence-electron chi connectivity index (χ4n) is 13.7. The van der Waals surface area contributed by atoms with Crippen LogP contribution in [0.25, 0.3) is 0 Å². The molecule has 19 heteroatoms. The summed E-state index contributed by atoms with van der Waals surface area (Å²) in [6.07, 6.45) is 56.4. The number of unbranched alkanes of at least 4 members (excludes halogenated alkanes) is 39. The van der Waals surface area contributed by atoms with Gasteiger partial charge in [-0.05, 0) is 70.6 Å². The molecule has 3 fully saturated rings. The number of ether oxygens (including phenoxy) is 6. The molecule has 3 aliphatic heterocycles. The monoisotopic (exact) mass is 1450 g/mol. The van der Waals surface area contributed by atoms with Crippen LogP contribution in [0.15, 0.2) is 72.9 Å². The number of hydrogen-bond acceptors (Lipinski definition) is 18. The Bertz CT molecular complexity index is 2120. The minimum Gasteiger partial charge on any atom is -0.394 e. The van der Waals surface area contributed by atoms with Gasteiger partial charge in [-0.1, -0.05) is 311 Å². The third kappa shape index (κ3) is 42.7. The smallest absolute Gasteiger partial charge is 0.220 e. The predicted octanol–water partition coefficient (Wildman–Crippen LogP) is 14.0. The van der Waals surface area contributed by atoms with E-state index >= 15 is 0 Å². The Balaban J connectivity index is 1.28. The van der Waals surface area contributed by atoms with Gasteiger partial charge in [-0.15, -0.1) is 0 Å². The maximum Gasteiger partial charge on any atom is 0.220 e. The van der Waals surface area contributed by atoms with Crippen molar-refractivity contribution in [1.29, 1.82) is 0 Å². The Morgan fingerprint density at radius 1 is 0.363 bits per heavy atom. The average molecular weight is 1450 g/mol. The Kier molecular flexibility index (Phi) is 57.9. The second-order valence-electron chi connectivity index (χ2n) is 29.2. The van der Waals surface area contributed by atoms with E-state index in [2.05, 4.69) is 79.9 Å². The summed E-state index contributed by atoms with van der Waals surface area (Å²) in [5.74, 6) is -0.281. The van der Waals surface area contributed by atoms with Crippen LogP contribution in [0.3, 0.4) is 0 Å². The molecular formula is C83H149NO18. The van der Waals surface area contributed by atoms with Crippen LogP contribution in [0.1, 0.15) is 316 Å². The number of nitrogens with one attached hydrogen (secondary N) is 1. The summed E-state index contributed by atoms with van der Waals surface area (Å²) in [5.41, 5.74) is 0. The predicted molar refractivity (Wildman–Crippen MR) is 406 cm³/mol. The number of carbonyl (C=O) groups excluding carboxylic acids is 1. The summed E-state index contributed by atoms with van der Waals surface area (Å²) in [7, 11) is 0. The van der Waals surface area contributed by atoms with Gasteiger partial charge in [0.2, 0.25) is 5.91 Å². The fourth-order valence-corrected chi connectivity index (χ4v) is 13.7. The van der Waals surface area contributed by atoms with Gasteiger partial charge in [-0.3, -0.25) is 4.79 Å². The maximum atomic E-state index is 13.5. The lowest BCUT2D eigenvalue weighted by molar-refractivity contribution is -0.379. The number of carbonyl (C=O) groups is 1. The maximum absolute atomic E-state index is 13.5. The molecule has 102 heavy (non-hydrogen) atoms. The Morgan fingerprint density at radius 3 is 1.10 bits per heavy atom. The first kappa shape index (κ1) is 93.4. The Morgan fingerprint density at radius 2 is 0.686 bits per heavy atom. The van der Waals surface area contributed by atoms with Gasteiger partial charge in [0.15, 0.2) is 18.9 Å². The number of amides is 1. The molecule has 0 aliphatic carbocycles. The number of allylic oxidation sites excluding steroid dienone is 11. The summed E-state index contributed by atoms with van der Waals surface area (Å²) in [6, 6.07) is -0.990. The van der Waals surface area contributed by atoms with Gasteiger partial charge >= 0.3 is 0 Å². The van der Waals surface area contributed by atoms with Gasteiger partial charge in [-0.2, -0.15) is 0 Å². The molecule has 0 saturated carbocycles. The summed E-state index contributed by atoms with van der Waals surface area (Å²) in [4.78, 5) is 13.5. The van der Waals surface area contributed by atoms with Crippen molar-refractivity contribution in [2.45, 2.75) is 420 Å². The van der Waals surface area contributed by atoms with Crippen LogP contribution < -0.4 is 5.32 Å². The zero-order valence-corrected chi connectivity index (χ0v) is 63.6. The van der Waals surface area contributed by atoms with Gasteiger partial charge in [0.05, 0.1) is 38.6 Å². The molecule has 17 unspecified atom stereocenters. The van der Waals surface area contributed by atoms with Crippen LogP contribution in [-0.4, -0.2) is 193 Å². The highest BCUT2D eigenvalue weighted by Crippen LogP contribution is 2.33. The molecule has 0 aromatic carbocycles. The summed E-state index contributed by atoms with van der Waals surface area (Å²) in [5, 5.41) is 121. The zero-order valence-electron chi connectivity index (χ0n) is 63.6. The lowest BCUT2D eigenvalue weighted by Gasteiger charge is -2.48. The highest BCUT2D eigenvalue weighted by atomic mass is 16.8. The standard InChI is InChI=1S/C83H149NO18/c1-3-5-7-9-11-13-15-17-19-21-22-23-24-25-26-27-28-29-30-31-32-33-34-35-36-37-38-39-40-41-42-43-44-45-47-49-51-53-55-57-59-61-71(89)84-66(67(88)60-58-56-54-52-50-48-46-20-18-16-14-12-10-8-6-4-2)65-97-81-77(95)74(92)79(69(63-86)99-81)102-83-78(96)75(93)80(70(64-87)100-83)101-82-76(94)73(91)72(90)68(62-85)98-82/h5,7,11,13,17,19,22-23,50,52,58,60,66-70,72-83,85-88,90-96H,3-4,6,8-10,12,14-16,18,20-21,24-49,51,53-57,59,61-65H2,1-2H3,(H,84,89)/b7-5-,13-11-,19-17-,23-22-,52-50+,60-58+. The van der Waals surface area contributed by atoms with E-state index in [1.807, 2.05) is 6.08 Å². The molecule has 0 radical (unpaired) electrons. The van der Waals surface area contributed by atoms with Crippen LogP contribution in [-0.2, 0) is 33.2 Å². The molecule has 17 atom stereocenters. The SMILES string of the molecule is CC/C=C\C/C=C\C/C=C\C/C=C\CCCCCCCCCCCCCCCCCCCCCCCCCCCCCCC(=O)NC(COC1OC(CO)C(OC2OC(CO)C(OC3OC(CO)C(O)C(O)C3O)C(O)C2O)C(O)C1O)C(O)/C=C/CC/C=C/CCCCCCCCCCCC. The third-order valence-electron chi connectivity index (χ3n) is 20.2. The van der Waals surface area contributed by atoms with Crippen LogP contribution >= 0.6 is 0 Å². The lowest BCUT2D eigenvalue weighted by atomic mass is 9.96. The second-order valence-corrected chi connectivity index (χ2v) is 29.2. The normalized spacial score (nSPS) is 26.5. The number of aliphatic hydroxyl groups excluding tert-OH is 11. The van der Waals surface area contributed by atoms with Crippen LogP contribution in [0.2, 0.25) is 0 Å². The van der Waals surface area contributed by atoms with E-state index in [-0.39, 0.29) is 18.9 Å². The number of rotatable bonds is 65. The fraction of sp³-hybridized carbons (Fsp3) is 0.843. The van der Waals surface area contributed by atoms with E-state index in [4.69, 9.17) is 28.4 Å². The Labute approximate surface area is 617 Å². The average Bonchev–Trinajstić information content (AvgIpc) is 0.755. The van der Waals surface area contributed by atoms with Gasteiger partial charge in [0, 0.05) is 6.42 Å². The minimum absolute atomic E-state index is 0.238. The topological polar surface area (TPSA) is 307 Å². The van der Waals surface area contributed by atoms with E-state index in [9.17, 15) is 61.0 Å². The van der Waals surface area contributed by atoms with Crippen LogP contribution in [0.5, 0.6) is 0 Å². The number of aliphatic hydroxyl groups is 11. The largest absolute Gasteiger partial charge is 0.394 e. The van der Waals surface area contributed by atoms with Crippen molar-refractivity contribution in [3.63, 3.8) is 0 Å². The molecule has 19 nitrogen and oxygen atoms in total. The molecule has 3 aliphatic rings. The quantitative estimate of drug-likeness (QED) is 0.0199. The van der Waals surface area contributed by atoms with Gasteiger partial charge in [0.1, 0.15) is 73.2 Å². The van der Waals surface area contributed by atoms with E-state index in [0.717, 1.165) is 64.2 Å². The first-order valence-corrected chi connectivity index (χ1v) is 41.2. The van der Waals surface area contributed by atoms with E-state index in [1.165, 1.54) is 218 Å². The highest BCUT2D eigenvalue weighted by molar-refractivity contribution is 5.76. The molecule has 0 aromatic heterocycles. The summed E-state index contributed by atoms with van der Waals surface area (Å²) < 4.78 is 34.4. The number of hydrogen-bond donors (Lipinski definition) is 12. The second kappa shape index (κ2) is 63.2. The molecular weight excluding hydrogens is 1300 g/mol. The van der Waals surface area contributed by atoms with Gasteiger partial charge in [0.25, 0.3) is 0 Å². The van der Waals surface area contributed by atoms with Crippen molar-refractivity contribution >= 4 is 5.91 Å². The first-order chi connectivity index (χ1) is 49.8. The lowest BCUT2D eigenvalue weighted by Crippen LogP contribution is -2.66. The van der Waals surface area contributed by atoms with E-state index < -0.39 is 124 Å². The highest BCUT2D eigenvalue weighted by Gasteiger charge is 2.54. The van der Waals surface area contributed by atoms with Crippen LogP contribution in [0.4, 0.5) is 0 Å². The molecule has 3 rings (SSSR count). The van der Waals surface area contributed by atoms with Crippen molar-refractivity contribution in [3.8, 4) is 0 Å². The van der Waals surface area contributed by atoms with E-state index in [0.29, 0.717) is 12.8 Å². The molecule has 3 saturated heterocycles. The molecule has 3 heterocycles. The van der Waals surface area contributed by atoms with Crippen molar-refractivity contribution in [2.75, 3.05) is 26.4 Å². The van der Waals surface area contributed by atoms with Crippen LogP contribution in [0, 0.1) is 0 Å². The van der Waals surface area contributed by atoms with Gasteiger partial charge < -0.3 is 89.9 Å². The van der Waals surface area contributed by atoms with E-state index in [1.54, 1.807) is 6.08 Å². The first-order valence-electron chi connectivity index (χ1n) is 41.2. The molecule has 0 bridgehead atoms.